The van der Waals surface area contributed by atoms with E-state index in [0.717, 1.165) is 16.9 Å². The van der Waals surface area contributed by atoms with E-state index in [-0.39, 0.29) is 29.4 Å². The Bertz CT molecular complexity index is 1080. The van der Waals surface area contributed by atoms with Crippen molar-refractivity contribution >= 4 is 40.2 Å². The second-order valence-electron chi connectivity index (χ2n) is 7.63. The number of esters is 1. The molecule has 8 nitrogen and oxygen atoms in total. The van der Waals surface area contributed by atoms with Gasteiger partial charge < -0.3 is 24.4 Å². The Morgan fingerprint density at radius 1 is 1.18 bits per heavy atom. The monoisotopic (exact) mass is 472 g/mol. The average Bonchev–Trinajstić information content (AvgIpc) is 3.36. The first-order valence-corrected chi connectivity index (χ1v) is 11.6. The minimum absolute atomic E-state index is 0.171. The molecular formula is C24H28N2O6S. The number of ether oxygens (including phenoxy) is 3. The van der Waals surface area contributed by atoms with E-state index in [0.29, 0.717) is 35.0 Å². The molecule has 0 radical (unpaired) electrons. The van der Waals surface area contributed by atoms with Gasteiger partial charge in [0.05, 0.1) is 16.5 Å². The number of carbonyl (C=O) groups excluding carboxylic acids is 3. The summed E-state index contributed by atoms with van der Waals surface area (Å²) in [5.74, 6) is 0.0772. The lowest BCUT2D eigenvalue weighted by Crippen LogP contribution is -2.30. The number of hydrogen-bond donors (Lipinski definition) is 1. The van der Waals surface area contributed by atoms with Crippen molar-refractivity contribution in [1.29, 1.82) is 0 Å². The van der Waals surface area contributed by atoms with Gasteiger partial charge in [-0.05, 0) is 64.0 Å². The molecule has 3 rings (SSSR count). The van der Waals surface area contributed by atoms with Gasteiger partial charge in [-0.3, -0.25) is 9.59 Å². The zero-order valence-corrected chi connectivity index (χ0v) is 20.2. The lowest BCUT2D eigenvalue weighted by molar-refractivity contribution is -0.111. The van der Waals surface area contributed by atoms with Gasteiger partial charge >= 0.3 is 5.97 Å². The fraction of sp³-hybridized carbons (Fsp3) is 0.375. The Kier molecular flexibility index (Phi) is 7.75. The van der Waals surface area contributed by atoms with Crippen LogP contribution in [0.15, 0.2) is 24.3 Å². The molecule has 0 fully saturated rings. The Labute approximate surface area is 197 Å². The molecule has 2 aromatic rings. The molecule has 2 amide bonds. The molecule has 176 valence electrons. The Morgan fingerprint density at radius 2 is 1.88 bits per heavy atom. The predicted octanol–water partition coefficient (Wildman–Crippen LogP) is 4.48. The van der Waals surface area contributed by atoms with Gasteiger partial charge in [-0.15, -0.1) is 11.3 Å². The van der Waals surface area contributed by atoms with Gasteiger partial charge in [0.1, 0.15) is 5.00 Å². The number of nitrogens with one attached hydrogen (secondary N) is 1. The zero-order valence-electron chi connectivity index (χ0n) is 19.4. The van der Waals surface area contributed by atoms with E-state index in [1.807, 2.05) is 13.8 Å². The highest BCUT2D eigenvalue weighted by molar-refractivity contribution is 7.18. The number of nitrogens with zero attached hydrogens (tertiary/aromatic N) is 1. The molecule has 0 bridgehead atoms. The van der Waals surface area contributed by atoms with E-state index >= 15 is 0 Å². The molecule has 9 heteroatoms. The maximum absolute atomic E-state index is 13.0. The lowest BCUT2D eigenvalue weighted by Gasteiger charge is -2.18. The summed E-state index contributed by atoms with van der Waals surface area (Å²) in [5, 5.41) is 3.03. The van der Waals surface area contributed by atoms with Crippen LogP contribution in [-0.2, 0) is 9.53 Å². The third kappa shape index (κ3) is 5.54. The molecule has 0 atom stereocenters. The van der Waals surface area contributed by atoms with Gasteiger partial charge in [0.25, 0.3) is 5.91 Å². The maximum atomic E-state index is 13.0. The molecule has 1 aliphatic heterocycles. The van der Waals surface area contributed by atoms with Crippen LogP contribution in [0.5, 0.6) is 11.5 Å². The van der Waals surface area contributed by atoms with Crippen molar-refractivity contribution in [2.45, 2.75) is 40.7 Å². The topological polar surface area (TPSA) is 94.2 Å². The predicted molar refractivity (Wildman–Crippen MR) is 127 cm³/mol. The molecule has 1 aliphatic rings. The summed E-state index contributed by atoms with van der Waals surface area (Å²) in [5.41, 5.74) is 1.46. The maximum Gasteiger partial charge on any atom is 0.341 e. The number of rotatable bonds is 8. The first kappa shape index (κ1) is 24.3. The molecule has 33 heavy (non-hydrogen) atoms. The van der Waals surface area contributed by atoms with Crippen molar-refractivity contribution in [3.63, 3.8) is 0 Å². The van der Waals surface area contributed by atoms with Crippen molar-refractivity contribution in [1.82, 2.24) is 4.90 Å². The van der Waals surface area contributed by atoms with Gasteiger partial charge in [0, 0.05) is 19.2 Å². The van der Waals surface area contributed by atoms with Crippen LogP contribution in [0.3, 0.4) is 0 Å². The number of fused-ring (bicyclic) bond motifs is 1. The Balaban J connectivity index is 1.86. The highest BCUT2D eigenvalue weighted by Gasteiger charge is 2.28. The standard InChI is InChI=1S/C24H28N2O6S/c1-6-26(7-2)23(28)21-15(5)20(24(29)32-14(3)4)22(33-21)25-19(27)11-9-16-8-10-17-18(12-16)31-13-30-17/h8-12,14H,6-7,13H2,1-5H3,(H,25,27)/b11-9-. The molecular weight excluding hydrogens is 444 g/mol. The number of hydrogen-bond acceptors (Lipinski definition) is 7. The van der Waals surface area contributed by atoms with Crippen LogP contribution in [0.25, 0.3) is 6.08 Å². The number of carbonyl (C=O) groups is 3. The number of benzene rings is 1. The summed E-state index contributed by atoms with van der Waals surface area (Å²) in [6.07, 6.45) is 2.65. The SMILES string of the molecule is CCN(CC)C(=O)c1sc(NC(=O)/C=C\c2ccc3c(c2)OCO3)c(C(=O)OC(C)C)c1C. The van der Waals surface area contributed by atoms with E-state index in [1.54, 1.807) is 49.9 Å². The van der Waals surface area contributed by atoms with Crippen molar-refractivity contribution in [2.24, 2.45) is 0 Å². The Hall–Kier alpha value is -3.33. The van der Waals surface area contributed by atoms with Crippen LogP contribution in [0.1, 0.15) is 58.9 Å². The summed E-state index contributed by atoms with van der Waals surface area (Å²) in [7, 11) is 0. The van der Waals surface area contributed by atoms with Crippen molar-refractivity contribution in [3.05, 3.63) is 45.8 Å². The molecule has 0 saturated carbocycles. The highest BCUT2D eigenvalue weighted by Crippen LogP contribution is 2.35. The first-order chi connectivity index (χ1) is 15.7. The third-order valence-corrected chi connectivity index (χ3v) is 6.19. The molecule has 0 saturated heterocycles. The van der Waals surface area contributed by atoms with Crippen LogP contribution < -0.4 is 14.8 Å². The van der Waals surface area contributed by atoms with Crippen LogP contribution in [0.2, 0.25) is 0 Å². The van der Waals surface area contributed by atoms with Crippen LogP contribution in [-0.4, -0.2) is 48.7 Å². The third-order valence-electron chi connectivity index (χ3n) is 5.00. The molecule has 0 spiro atoms. The van der Waals surface area contributed by atoms with E-state index in [2.05, 4.69) is 5.32 Å². The fourth-order valence-electron chi connectivity index (χ4n) is 3.32. The van der Waals surface area contributed by atoms with Gasteiger partial charge in [0.15, 0.2) is 11.5 Å². The number of thiophene rings is 1. The van der Waals surface area contributed by atoms with Crippen molar-refractivity contribution < 1.29 is 28.6 Å². The first-order valence-electron chi connectivity index (χ1n) is 10.8. The molecule has 2 heterocycles. The summed E-state index contributed by atoms with van der Waals surface area (Å²) < 4.78 is 16.0. The van der Waals surface area contributed by atoms with E-state index in [4.69, 9.17) is 14.2 Å². The molecule has 1 aromatic heterocycles. The fourth-order valence-corrected chi connectivity index (χ4v) is 4.49. The smallest absolute Gasteiger partial charge is 0.341 e. The van der Waals surface area contributed by atoms with Crippen LogP contribution in [0, 0.1) is 6.92 Å². The normalized spacial score (nSPS) is 12.3. The van der Waals surface area contributed by atoms with Crippen molar-refractivity contribution in [2.75, 3.05) is 25.2 Å². The average molecular weight is 473 g/mol. The zero-order chi connectivity index (χ0) is 24.1. The van der Waals surface area contributed by atoms with Gasteiger partial charge in [0.2, 0.25) is 12.7 Å². The highest BCUT2D eigenvalue weighted by atomic mass is 32.1. The second kappa shape index (κ2) is 10.5. The molecule has 0 aliphatic carbocycles. The molecule has 0 unspecified atom stereocenters. The van der Waals surface area contributed by atoms with E-state index in [9.17, 15) is 14.4 Å². The summed E-state index contributed by atoms with van der Waals surface area (Å²) in [6.45, 7) is 10.2. The van der Waals surface area contributed by atoms with Gasteiger partial charge in [-0.2, -0.15) is 0 Å². The van der Waals surface area contributed by atoms with Crippen LogP contribution in [0.4, 0.5) is 5.00 Å². The summed E-state index contributed by atoms with van der Waals surface area (Å²) >= 11 is 1.08. The van der Waals surface area contributed by atoms with Crippen LogP contribution >= 0.6 is 11.3 Å². The minimum atomic E-state index is -0.576. The summed E-state index contributed by atoms with van der Waals surface area (Å²) in [6, 6.07) is 5.35. The largest absolute Gasteiger partial charge is 0.459 e. The minimum Gasteiger partial charge on any atom is -0.459 e. The lowest BCUT2D eigenvalue weighted by atomic mass is 10.1. The van der Waals surface area contributed by atoms with Crippen molar-refractivity contribution in [3.8, 4) is 11.5 Å². The summed E-state index contributed by atoms with van der Waals surface area (Å²) in [4.78, 5) is 40.5. The van der Waals surface area contributed by atoms with Gasteiger partial charge in [-0.1, -0.05) is 6.07 Å². The van der Waals surface area contributed by atoms with Gasteiger partial charge in [-0.25, -0.2) is 4.79 Å². The Morgan fingerprint density at radius 3 is 2.55 bits per heavy atom. The molecule has 1 aromatic carbocycles. The molecule has 1 N–H and O–H groups in total. The van der Waals surface area contributed by atoms with E-state index < -0.39 is 11.9 Å². The number of anilines is 1. The quantitative estimate of drug-likeness (QED) is 0.450. The second-order valence-corrected chi connectivity index (χ2v) is 8.65. The van der Waals surface area contributed by atoms with E-state index in [1.165, 1.54) is 6.08 Å². The number of amides is 2.